The van der Waals surface area contributed by atoms with Gasteiger partial charge in [0.15, 0.2) is 0 Å². The third kappa shape index (κ3) is 9.08. The van der Waals surface area contributed by atoms with Crippen LogP contribution < -0.4 is 9.62 Å². The lowest BCUT2D eigenvalue weighted by atomic mass is 10.2. The van der Waals surface area contributed by atoms with E-state index in [1.807, 2.05) is 31.7 Å². The molecule has 1 aromatic carbocycles. The number of anilines is 2. The molecular formula is C22H28F3N3O6S. The van der Waals surface area contributed by atoms with E-state index < -0.39 is 28.1 Å². The maximum Gasteiger partial charge on any atom is 0.490 e. The number of aromatic nitrogens is 1. The van der Waals surface area contributed by atoms with Gasteiger partial charge in [-0.1, -0.05) is 19.4 Å². The number of hydrogen-bond donors (Lipinski definition) is 3. The summed E-state index contributed by atoms with van der Waals surface area (Å²) in [6.45, 7) is 8.93. The lowest BCUT2D eigenvalue weighted by Crippen LogP contribution is -2.27. The number of aliphatic carboxylic acids is 1. The van der Waals surface area contributed by atoms with Crippen LogP contribution in [-0.4, -0.2) is 54.8 Å². The third-order valence-electron chi connectivity index (χ3n) is 4.56. The number of benzene rings is 1. The maximum atomic E-state index is 12.7. The molecule has 0 spiro atoms. The average molecular weight is 520 g/mol. The number of alkyl halides is 3. The second-order valence-electron chi connectivity index (χ2n) is 7.57. The van der Waals surface area contributed by atoms with E-state index in [9.17, 15) is 31.5 Å². The first-order valence-electron chi connectivity index (χ1n) is 10.5. The van der Waals surface area contributed by atoms with Gasteiger partial charge in [-0.2, -0.15) is 13.2 Å². The molecule has 0 aliphatic rings. The molecule has 194 valence electrons. The van der Waals surface area contributed by atoms with Gasteiger partial charge >= 0.3 is 18.1 Å². The first kappa shape index (κ1) is 29.7. The third-order valence-corrected chi connectivity index (χ3v) is 5.92. The Bertz CT molecular complexity index is 1130. The van der Waals surface area contributed by atoms with Crippen molar-refractivity contribution in [2.45, 2.75) is 51.6 Å². The number of carboxylic acids is 2. The molecule has 1 aromatic heterocycles. The summed E-state index contributed by atoms with van der Waals surface area (Å²) in [4.78, 5) is 26.9. The highest BCUT2D eigenvalue weighted by atomic mass is 32.2. The lowest BCUT2D eigenvalue weighted by Gasteiger charge is -2.23. The number of carboxylic acid groups (broad SMARTS) is 2. The molecule has 0 saturated heterocycles. The molecule has 2 rings (SSSR count). The van der Waals surface area contributed by atoms with E-state index in [0.717, 1.165) is 24.0 Å². The Morgan fingerprint density at radius 2 is 1.60 bits per heavy atom. The molecule has 3 N–H and O–H groups in total. The van der Waals surface area contributed by atoms with E-state index in [4.69, 9.17) is 9.90 Å². The van der Waals surface area contributed by atoms with Gasteiger partial charge in [-0.25, -0.2) is 23.0 Å². The van der Waals surface area contributed by atoms with Crippen LogP contribution in [0.1, 0.15) is 48.2 Å². The highest BCUT2D eigenvalue weighted by molar-refractivity contribution is 7.92. The molecule has 0 unspecified atom stereocenters. The summed E-state index contributed by atoms with van der Waals surface area (Å²) in [5.41, 5.74) is 1.74. The predicted octanol–water partition coefficient (Wildman–Crippen LogP) is 4.46. The number of rotatable bonds is 9. The number of aryl methyl sites for hydroxylation is 2. The fraction of sp³-hybridized carbons (Fsp3) is 0.409. The summed E-state index contributed by atoms with van der Waals surface area (Å²) in [6.07, 6.45) is -1.83. The summed E-state index contributed by atoms with van der Waals surface area (Å²) in [6, 6.07) is 6.34. The molecular weight excluding hydrogens is 491 g/mol. The summed E-state index contributed by atoms with van der Waals surface area (Å²) in [5.74, 6) is -3.56. The number of halogens is 3. The largest absolute Gasteiger partial charge is 0.490 e. The van der Waals surface area contributed by atoms with Crippen molar-refractivity contribution in [2.24, 2.45) is 0 Å². The van der Waals surface area contributed by atoms with Gasteiger partial charge in [-0.3, -0.25) is 4.72 Å². The Balaban J connectivity index is 0.000000762. The van der Waals surface area contributed by atoms with Gasteiger partial charge in [0.05, 0.1) is 16.8 Å². The number of nitrogens with one attached hydrogen (secondary N) is 1. The molecule has 0 amide bonds. The zero-order valence-electron chi connectivity index (χ0n) is 19.7. The van der Waals surface area contributed by atoms with E-state index in [1.54, 1.807) is 12.1 Å². The molecule has 0 saturated carbocycles. The summed E-state index contributed by atoms with van der Waals surface area (Å²) in [5, 5.41) is 16.7. The van der Waals surface area contributed by atoms with Crippen LogP contribution in [-0.2, 0) is 14.8 Å². The minimum absolute atomic E-state index is 0.0291. The Kier molecular flexibility index (Phi) is 10.5. The Morgan fingerprint density at radius 3 is 2.03 bits per heavy atom. The molecule has 0 radical (unpaired) electrons. The number of aromatic carboxylic acids is 1. The topological polar surface area (TPSA) is 137 Å². The summed E-state index contributed by atoms with van der Waals surface area (Å²) in [7, 11) is -3.85. The first-order chi connectivity index (χ1) is 16.1. The van der Waals surface area contributed by atoms with Crippen LogP contribution in [0.4, 0.5) is 24.7 Å². The Hall–Kier alpha value is -3.35. The normalized spacial score (nSPS) is 11.3. The van der Waals surface area contributed by atoms with Crippen LogP contribution >= 0.6 is 0 Å². The van der Waals surface area contributed by atoms with Crippen molar-refractivity contribution in [3.8, 4) is 0 Å². The molecule has 0 aliphatic carbocycles. The van der Waals surface area contributed by atoms with Crippen LogP contribution in [0.5, 0.6) is 0 Å². The predicted molar refractivity (Wildman–Crippen MR) is 124 cm³/mol. The molecule has 35 heavy (non-hydrogen) atoms. The molecule has 9 nitrogen and oxygen atoms in total. The highest BCUT2D eigenvalue weighted by Crippen LogP contribution is 2.24. The summed E-state index contributed by atoms with van der Waals surface area (Å²) < 4.78 is 59.6. The van der Waals surface area contributed by atoms with E-state index >= 15 is 0 Å². The van der Waals surface area contributed by atoms with Gasteiger partial charge in [0.2, 0.25) is 0 Å². The van der Waals surface area contributed by atoms with Crippen LogP contribution in [0, 0.1) is 13.8 Å². The zero-order chi connectivity index (χ0) is 27.0. The van der Waals surface area contributed by atoms with E-state index in [2.05, 4.69) is 16.6 Å². The second kappa shape index (κ2) is 12.4. The number of carbonyl (C=O) groups is 2. The SMILES string of the molecule is CCCCN(CC)c1ncc(NS(=O)(=O)c2cc(C)cc(C)c2)cc1C(=O)O.O=C(O)C(F)(F)F. The maximum absolute atomic E-state index is 12.7. The Labute approximate surface area is 201 Å². The molecule has 0 bridgehead atoms. The van der Waals surface area contributed by atoms with Crippen molar-refractivity contribution in [1.82, 2.24) is 4.98 Å². The van der Waals surface area contributed by atoms with Crippen LogP contribution in [0.25, 0.3) is 0 Å². The standard InChI is InChI=1S/C20H27N3O4S.C2HF3O2/c1-5-7-8-23(6-2)19-18(20(24)25)12-16(13-21-19)22-28(26,27)17-10-14(3)9-15(4)11-17;3-2(4,5)1(6)7/h9-13,22H,5-8H2,1-4H3,(H,24,25);(H,6,7). The van der Waals surface area contributed by atoms with Crippen molar-refractivity contribution < 1.29 is 41.4 Å². The number of nitrogens with zero attached hydrogens (tertiary/aromatic N) is 2. The molecule has 2 aromatic rings. The van der Waals surface area contributed by atoms with Gasteiger partial charge in [0.1, 0.15) is 11.4 Å². The van der Waals surface area contributed by atoms with Crippen molar-refractivity contribution in [2.75, 3.05) is 22.7 Å². The van der Waals surface area contributed by atoms with E-state index in [0.29, 0.717) is 18.9 Å². The fourth-order valence-corrected chi connectivity index (χ4v) is 4.21. The average Bonchev–Trinajstić information content (AvgIpc) is 2.73. The minimum Gasteiger partial charge on any atom is -0.478 e. The molecule has 0 fully saturated rings. The van der Waals surface area contributed by atoms with E-state index in [-0.39, 0.29) is 16.1 Å². The monoisotopic (exact) mass is 519 g/mol. The molecule has 1 heterocycles. The van der Waals surface area contributed by atoms with Gasteiger partial charge in [-0.05, 0) is 56.5 Å². The van der Waals surface area contributed by atoms with Crippen molar-refractivity contribution in [1.29, 1.82) is 0 Å². The second-order valence-corrected chi connectivity index (χ2v) is 9.25. The van der Waals surface area contributed by atoms with Gasteiger partial charge in [0.25, 0.3) is 10.0 Å². The number of hydrogen-bond acceptors (Lipinski definition) is 6. The first-order valence-corrected chi connectivity index (χ1v) is 12.0. The van der Waals surface area contributed by atoms with Crippen molar-refractivity contribution in [3.63, 3.8) is 0 Å². The summed E-state index contributed by atoms with van der Waals surface area (Å²) >= 11 is 0. The molecule has 13 heteroatoms. The smallest absolute Gasteiger partial charge is 0.478 e. The molecule has 0 aliphatic heterocycles. The van der Waals surface area contributed by atoms with Gasteiger partial charge < -0.3 is 15.1 Å². The van der Waals surface area contributed by atoms with Crippen LogP contribution in [0.3, 0.4) is 0 Å². The van der Waals surface area contributed by atoms with Crippen molar-refractivity contribution >= 4 is 33.5 Å². The van der Waals surface area contributed by atoms with Crippen LogP contribution in [0.2, 0.25) is 0 Å². The zero-order valence-corrected chi connectivity index (χ0v) is 20.5. The number of pyridine rings is 1. The highest BCUT2D eigenvalue weighted by Gasteiger charge is 2.38. The fourth-order valence-electron chi connectivity index (χ4n) is 2.99. The minimum atomic E-state index is -5.08. The Morgan fingerprint density at radius 1 is 1.06 bits per heavy atom. The lowest BCUT2D eigenvalue weighted by molar-refractivity contribution is -0.192. The van der Waals surface area contributed by atoms with Crippen LogP contribution in [0.15, 0.2) is 35.4 Å². The van der Waals surface area contributed by atoms with Crippen molar-refractivity contribution in [3.05, 3.63) is 47.2 Å². The van der Waals surface area contributed by atoms with Gasteiger partial charge in [-0.15, -0.1) is 0 Å². The number of unbranched alkanes of at least 4 members (excludes halogenated alkanes) is 1. The quantitative estimate of drug-likeness (QED) is 0.442. The molecule has 0 atom stereocenters. The van der Waals surface area contributed by atoms with Gasteiger partial charge in [0, 0.05) is 13.1 Å². The number of sulfonamides is 1. The van der Waals surface area contributed by atoms with E-state index in [1.165, 1.54) is 12.3 Å².